The van der Waals surface area contributed by atoms with Gasteiger partial charge in [-0.25, -0.2) is 8.42 Å². The second-order valence-corrected chi connectivity index (χ2v) is 9.40. The van der Waals surface area contributed by atoms with Crippen LogP contribution in [0, 0.1) is 0 Å². The van der Waals surface area contributed by atoms with Gasteiger partial charge in [-0.3, -0.25) is 10.1 Å². The van der Waals surface area contributed by atoms with Gasteiger partial charge in [0.05, 0.1) is 5.69 Å². The van der Waals surface area contributed by atoms with Crippen molar-refractivity contribution in [2.24, 2.45) is 0 Å². The van der Waals surface area contributed by atoms with Gasteiger partial charge in [0, 0.05) is 12.1 Å². The number of nitrogens with one attached hydrogen (secondary N) is 1. The van der Waals surface area contributed by atoms with Crippen LogP contribution < -0.4 is 5.32 Å². The Bertz CT molecular complexity index is 873. The van der Waals surface area contributed by atoms with Gasteiger partial charge >= 0.3 is 0 Å². The van der Waals surface area contributed by atoms with Crippen LogP contribution in [0.5, 0.6) is 0 Å². The van der Waals surface area contributed by atoms with Crippen molar-refractivity contribution < 1.29 is 17.7 Å². The quantitative estimate of drug-likeness (QED) is 0.878. The van der Waals surface area contributed by atoms with E-state index in [9.17, 15) is 13.2 Å². The third kappa shape index (κ3) is 3.00. The highest BCUT2D eigenvalue weighted by molar-refractivity contribution is 7.91. The van der Waals surface area contributed by atoms with Crippen LogP contribution in [0.25, 0.3) is 0 Å². The fraction of sp³-hybridized carbons (Fsp3) is 0.500. The lowest BCUT2D eigenvalue weighted by Crippen LogP contribution is -2.42. The summed E-state index contributed by atoms with van der Waals surface area (Å²) in [6, 6.07) is 2.56. The molecule has 3 heterocycles. The van der Waals surface area contributed by atoms with E-state index < -0.39 is 16.1 Å². The molecule has 1 fully saturated rings. The summed E-state index contributed by atoms with van der Waals surface area (Å²) >= 11 is 1.16. The SMILES string of the molecule is O=C(Nc1onc2c1CCCC2)C1CCCN1S(=O)(=O)c1cccs1. The lowest BCUT2D eigenvalue weighted by Gasteiger charge is -2.22. The Hall–Kier alpha value is -1.71. The van der Waals surface area contributed by atoms with E-state index >= 15 is 0 Å². The van der Waals surface area contributed by atoms with Gasteiger partial charge < -0.3 is 4.52 Å². The van der Waals surface area contributed by atoms with Crippen molar-refractivity contribution in [2.75, 3.05) is 11.9 Å². The summed E-state index contributed by atoms with van der Waals surface area (Å²) < 4.78 is 32.4. The highest BCUT2D eigenvalue weighted by Crippen LogP contribution is 2.31. The second kappa shape index (κ2) is 6.54. The molecule has 2 aliphatic rings. The maximum Gasteiger partial charge on any atom is 0.253 e. The minimum absolute atomic E-state index is 0.268. The minimum atomic E-state index is -3.64. The van der Waals surface area contributed by atoms with Crippen LogP contribution in [0.4, 0.5) is 5.88 Å². The van der Waals surface area contributed by atoms with Crippen LogP contribution in [0.3, 0.4) is 0 Å². The third-order valence-corrected chi connectivity index (χ3v) is 8.04. The summed E-state index contributed by atoms with van der Waals surface area (Å²) in [6.07, 6.45) is 4.97. The number of carbonyl (C=O) groups excluding carboxylic acids is 1. The number of fused-ring (bicyclic) bond motifs is 1. The number of aromatic nitrogens is 1. The molecular weight excluding hydrogens is 362 g/mol. The Morgan fingerprint density at radius 1 is 1.32 bits per heavy atom. The van der Waals surface area contributed by atoms with E-state index in [2.05, 4.69) is 10.5 Å². The second-order valence-electron chi connectivity index (χ2n) is 6.34. The molecular formula is C16H19N3O4S2. The molecule has 2 aromatic heterocycles. The predicted octanol–water partition coefficient (Wildman–Crippen LogP) is 2.41. The summed E-state index contributed by atoms with van der Waals surface area (Å²) in [6.45, 7) is 0.354. The van der Waals surface area contributed by atoms with Gasteiger partial charge in [0.2, 0.25) is 11.8 Å². The zero-order valence-corrected chi connectivity index (χ0v) is 15.2. The number of hydrogen-bond donors (Lipinski definition) is 1. The molecule has 0 bridgehead atoms. The van der Waals surface area contributed by atoms with Crippen molar-refractivity contribution in [3.63, 3.8) is 0 Å². The fourth-order valence-corrected chi connectivity index (χ4v) is 6.28. The highest BCUT2D eigenvalue weighted by Gasteiger charge is 2.40. The number of hydrogen-bond acceptors (Lipinski definition) is 6. The van der Waals surface area contributed by atoms with Gasteiger partial charge in [0.15, 0.2) is 0 Å². The van der Waals surface area contributed by atoms with E-state index in [0.717, 1.165) is 48.3 Å². The first kappa shape index (κ1) is 16.7. The summed E-state index contributed by atoms with van der Waals surface area (Å²) in [7, 11) is -3.64. The van der Waals surface area contributed by atoms with Crippen LogP contribution in [0.15, 0.2) is 26.2 Å². The largest absolute Gasteiger partial charge is 0.338 e. The molecule has 134 valence electrons. The van der Waals surface area contributed by atoms with Crippen molar-refractivity contribution in [1.82, 2.24) is 9.46 Å². The molecule has 1 aliphatic heterocycles. The van der Waals surface area contributed by atoms with E-state index in [0.29, 0.717) is 25.3 Å². The minimum Gasteiger partial charge on any atom is -0.338 e. The monoisotopic (exact) mass is 381 g/mol. The fourth-order valence-electron chi connectivity index (χ4n) is 3.50. The van der Waals surface area contributed by atoms with Crippen molar-refractivity contribution in [2.45, 2.75) is 48.8 Å². The standard InChI is InChI=1S/C16H19N3O4S2/c20-15(17-16-11-5-1-2-6-12(11)18-23-16)13-7-3-9-19(13)25(21,22)14-8-4-10-24-14/h4,8,10,13H,1-3,5-7,9H2,(H,17,20). The Kier molecular flexibility index (Phi) is 4.38. The first-order valence-corrected chi connectivity index (χ1v) is 10.7. The zero-order valence-electron chi connectivity index (χ0n) is 13.6. The molecule has 7 nitrogen and oxygen atoms in total. The number of rotatable bonds is 4. The first-order valence-electron chi connectivity index (χ1n) is 8.41. The van der Waals surface area contributed by atoms with Crippen LogP contribution in [-0.2, 0) is 27.7 Å². The smallest absolute Gasteiger partial charge is 0.253 e. The highest BCUT2D eigenvalue weighted by atomic mass is 32.2. The Morgan fingerprint density at radius 3 is 2.96 bits per heavy atom. The Balaban J connectivity index is 1.54. The van der Waals surface area contributed by atoms with E-state index in [4.69, 9.17) is 4.52 Å². The molecule has 1 atom stereocenters. The summed E-state index contributed by atoms with van der Waals surface area (Å²) in [5, 5.41) is 8.51. The van der Waals surface area contributed by atoms with Gasteiger partial charge in [0.1, 0.15) is 10.3 Å². The first-order chi connectivity index (χ1) is 12.1. The lowest BCUT2D eigenvalue weighted by molar-refractivity contribution is -0.119. The van der Waals surface area contributed by atoms with E-state index in [1.165, 1.54) is 4.31 Å². The number of amides is 1. The third-order valence-electron chi connectivity index (χ3n) is 4.76. The molecule has 1 N–H and O–H groups in total. The van der Waals surface area contributed by atoms with Crippen molar-refractivity contribution in [1.29, 1.82) is 0 Å². The summed E-state index contributed by atoms with van der Waals surface area (Å²) in [4.78, 5) is 12.7. The number of carbonyl (C=O) groups is 1. The number of anilines is 1. The average Bonchev–Trinajstić information content (AvgIpc) is 3.35. The topological polar surface area (TPSA) is 92.5 Å². The van der Waals surface area contributed by atoms with Gasteiger partial charge in [0.25, 0.3) is 10.0 Å². The van der Waals surface area contributed by atoms with Gasteiger partial charge in [-0.05, 0) is 50.0 Å². The molecule has 9 heteroatoms. The number of nitrogens with zero attached hydrogens (tertiary/aromatic N) is 2. The average molecular weight is 381 g/mol. The maximum atomic E-state index is 12.8. The van der Waals surface area contributed by atoms with Crippen LogP contribution in [0.2, 0.25) is 0 Å². The zero-order chi connectivity index (χ0) is 17.4. The molecule has 0 aromatic carbocycles. The molecule has 4 rings (SSSR count). The van der Waals surface area contributed by atoms with Crippen molar-refractivity contribution in [3.05, 3.63) is 28.8 Å². The molecule has 1 aliphatic carbocycles. The molecule has 2 aromatic rings. The van der Waals surface area contributed by atoms with Crippen LogP contribution in [-0.4, -0.2) is 36.4 Å². The summed E-state index contributed by atoms with van der Waals surface area (Å²) in [5.41, 5.74) is 1.85. The predicted molar refractivity (Wildman–Crippen MR) is 93.0 cm³/mol. The van der Waals surface area contributed by atoms with Crippen LogP contribution in [0.1, 0.15) is 36.9 Å². The molecule has 0 saturated carbocycles. The Labute approximate surface area is 150 Å². The van der Waals surface area contributed by atoms with Gasteiger partial charge in [-0.1, -0.05) is 11.2 Å². The van der Waals surface area contributed by atoms with Gasteiger partial charge in [-0.2, -0.15) is 4.31 Å². The molecule has 1 unspecified atom stereocenters. The molecule has 1 amide bonds. The molecule has 0 spiro atoms. The van der Waals surface area contributed by atoms with Crippen LogP contribution >= 0.6 is 11.3 Å². The molecule has 0 radical (unpaired) electrons. The van der Waals surface area contributed by atoms with Crippen molar-refractivity contribution in [3.8, 4) is 0 Å². The molecule has 25 heavy (non-hydrogen) atoms. The lowest BCUT2D eigenvalue weighted by atomic mass is 9.97. The number of sulfonamides is 1. The Morgan fingerprint density at radius 2 is 2.16 bits per heavy atom. The van der Waals surface area contributed by atoms with E-state index in [1.54, 1.807) is 17.5 Å². The number of aryl methyl sites for hydroxylation is 1. The maximum absolute atomic E-state index is 12.8. The normalized spacial score (nSPS) is 21.2. The molecule has 1 saturated heterocycles. The van der Waals surface area contributed by atoms with Crippen molar-refractivity contribution >= 4 is 33.2 Å². The summed E-state index contributed by atoms with van der Waals surface area (Å²) in [5.74, 6) is 0.0298. The van der Waals surface area contributed by atoms with E-state index in [1.807, 2.05) is 0 Å². The van der Waals surface area contributed by atoms with Gasteiger partial charge in [-0.15, -0.1) is 11.3 Å². The number of thiophene rings is 1. The van der Waals surface area contributed by atoms with E-state index in [-0.39, 0.29) is 10.1 Å².